The highest BCUT2D eigenvalue weighted by atomic mass is 32.2. The number of benzene rings is 1. The van der Waals surface area contributed by atoms with Crippen LogP contribution in [0.2, 0.25) is 0 Å². The first-order valence-corrected chi connectivity index (χ1v) is 12.0. The number of ether oxygens (including phenoxy) is 3. The van der Waals surface area contributed by atoms with E-state index in [1.54, 1.807) is 30.3 Å². The fraction of sp³-hybridized carbons (Fsp3) is 0.227. The zero-order valence-corrected chi connectivity index (χ0v) is 20.3. The Hall–Kier alpha value is -4.30. The highest BCUT2D eigenvalue weighted by Crippen LogP contribution is 2.41. The zero-order valence-electron chi connectivity index (χ0n) is 19.5. The summed E-state index contributed by atoms with van der Waals surface area (Å²) in [7, 11) is -2.79. The minimum Gasteiger partial charge on any atom is -0.493 e. The summed E-state index contributed by atoms with van der Waals surface area (Å²) in [5.41, 5.74) is 0.157. The number of aliphatic hydroxyl groups excluding tert-OH is 1. The molecule has 0 saturated heterocycles. The molecule has 14 heteroatoms. The van der Waals surface area contributed by atoms with Crippen molar-refractivity contribution in [2.24, 2.45) is 0 Å². The van der Waals surface area contributed by atoms with Gasteiger partial charge in [-0.1, -0.05) is 17.3 Å². The van der Waals surface area contributed by atoms with Crippen LogP contribution in [0, 0.1) is 13.8 Å². The lowest BCUT2D eigenvalue weighted by atomic mass is 10.3. The molecule has 0 aliphatic carbocycles. The van der Waals surface area contributed by atoms with E-state index in [1.165, 1.54) is 33.4 Å². The number of aliphatic hydroxyl groups is 1. The summed E-state index contributed by atoms with van der Waals surface area (Å²) >= 11 is 0. The van der Waals surface area contributed by atoms with E-state index in [-0.39, 0.29) is 64.4 Å². The zero-order chi connectivity index (χ0) is 25.7. The summed E-state index contributed by atoms with van der Waals surface area (Å²) in [6.45, 7) is 2.47. The van der Waals surface area contributed by atoms with E-state index < -0.39 is 10.0 Å². The maximum absolute atomic E-state index is 13.3. The van der Waals surface area contributed by atoms with Crippen molar-refractivity contribution in [1.82, 2.24) is 25.1 Å². The molecule has 36 heavy (non-hydrogen) atoms. The van der Waals surface area contributed by atoms with Crippen LogP contribution in [-0.2, 0) is 10.0 Å². The summed E-state index contributed by atoms with van der Waals surface area (Å²) in [6.07, 6.45) is 2.96. The third kappa shape index (κ3) is 5.18. The van der Waals surface area contributed by atoms with Crippen molar-refractivity contribution in [3.05, 3.63) is 54.2 Å². The number of aromatic nitrogens is 5. The summed E-state index contributed by atoms with van der Waals surface area (Å²) in [5, 5.41) is 13.0. The fourth-order valence-electron chi connectivity index (χ4n) is 3.20. The van der Waals surface area contributed by atoms with E-state index in [0.29, 0.717) is 5.75 Å². The molecule has 0 bridgehead atoms. The third-order valence-electron chi connectivity index (χ3n) is 4.68. The Morgan fingerprint density at radius 3 is 2.39 bits per heavy atom. The Balaban J connectivity index is 1.91. The minimum absolute atomic E-state index is 0.0487. The summed E-state index contributed by atoms with van der Waals surface area (Å²) in [5.74, 6) is 0.127. The van der Waals surface area contributed by atoms with E-state index in [0.717, 1.165) is 0 Å². The lowest BCUT2D eigenvalue weighted by Crippen LogP contribution is -2.17. The van der Waals surface area contributed by atoms with Gasteiger partial charge in [0.1, 0.15) is 12.3 Å². The molecule has 4 rings (SSSR count). The van der Waals surface area contributed by atoms with Crippen molar-refractivity contribution in [3.63, 3.8) is 0 Å². The smallest absolute Gasteiger partial charge is 0.268 e. The van der Waals surface area contributed by atoms with Crippen molar-refractivity contribution >= 4 is 15.8 Å². The monoisotopic (exact) mass is 514 g/mol. The predicted molar refractivity (Wildman–Crippen MR) is 125 cm³/mol. The van der Waals surface area contributed by atoms with Crippen molar-refractivity contribution in [1.29, 1.82) is 0 Å². The van der Waals surface area contributed by atoms with Crippen LogP contribution in [0.15, 0.2) is 52.1 Å². The molecule has 0 atom stereocenters. The number of hydrogen-bond donors (Lipinski definition) is 2. The first kappa shape index (κ1) is 24.8. The molecule has 0 fully saturated rings. The average Bonchev–Trinajstić information content (AvgIpc) is 3.23. The molecule has 0 unspecified atom stereocenters. The average molecular weight is 515 g/mol. The molecule has 1 aromatic carbocycles. The molecule has 0 amide bonds. The van der Waals surface area contributed by atoms with Crippen LogP contribution in [0.4, 0.5) is 5.82 Å². The van der Waals surface area contributed by atoms with Gasteiger partial charge in [-0.25, -0.2) is 23.4 Å². The lowest BCUT2D eigenvalue weighted by molar-refractivity contribution is 0.192. The molecule has 13 nitrogen and oxygen atoms in total. The standard InChI is InChI=1S/C22H22N6O7S/c1-13-18(14(2)35-27-13)36(30,31)28-19-17(34-16-8-5-4-7-15(16)32-3)22(33-12-11-29)26-21(25-19)20-23-9-6-10-24-20/h4-10,29H,11-12H2,1-3H3,(H,25,26,28). The van der Waals surface area contributed by atoms with Gasteiger partial charge < -0.3 is 23.8 Å². The molecular weight excluding hydrogens is 492 g/mol. The topological polar surface area (TPSA) is 172 Å². The molecule has 3 aromatic heterocycles. The predicted octanol–water partition coefficient (Wildman–Crippen LogP) is 2.51. The number of aryl methyl sites for hydroxylation is 2. The third-order valence-corrected chi connectivity index (χ3v) is 6.26. The van der Waals surface area contributed by atoms with Crippen LogP contribution < -0.4 is 18.9 Å². The van der Waals surface area contributed by atoms with E-state index in [1.807, 2.05) is 0 Å². The van der Waals surface area contributed by atoms with Crippen molar-refractivity contribution < 1.29 is 32.3 Å². The number of hydrogen-bond acceptors (Lipinski definition) is 12. The number of methoxy groups -OCH3 is 1. The summed E-state index contributed by atoms with van der Waals surface area (Å²) in [4.78, 5) is 16.7. The number of nitrogens with zero attached hydrogens (tertiary/aromatic N) is 5. The highest BCUT2D eigenvalue weighted by molar-refractivity contribution is 7.92. The van der Waals surface area contributed by atoms with Gasteiger partial charge in [0.15, 0.2) is 33.8 Å². The van der Waals surface area contributed by atoms with E-state index in [2.05, 4.69) is 29.8 Å². The molecule has 0 spiro atoms. The molecule has 0 aliphatic heterocycles. The fourth-order valence-corrected chi connectivity index (χ4v) is 4.53. The molecule has 2 N–H and O–H groups in total. The Kier molecular flexibility index (Phi) is 7.26. The maximum atomic E-state index is 13.3. The van der Waals surface area contributed by atoms with Crippen LogP contribution in [0.25, 0.3) is 11.6 Å². The van der Waals surface area contributed by atoms with Gasteiger partial charge in [0, 0.05) is 12.4 Å². The normalized spacial score (nSPS) is 11.2. The van der Waals surface area contributed by atoms with Gasteiger partial charge in [-0.15, -0.1) is 0 Å². The number of rotatable bonds is 10. The quantitative estimate of drug-likeness (QED) is 0.317. The van der Waals surface area contributed by atoms with Gasteiger partial charge in [-0.2, -0.15) is 4.98 Å². The number of para-hydroxylation sites is 2. The van der Waals surface area contributed by atoms with Crippen LogP contribution >= 0.6 is 0 Å². The Morgan fingerprint density at radius 2 is 1.75 bits per heavy atom. The first-order valence-electron chi connectivity index (χ1n) is 10.5. The summed E-state index contributed by atoms with van der Waals surface area (Å²) in [6, 6.07) is 8.31. The largest absolute Gasteiger partial charge is 0.493 e. The van der Waals surface area contributed by atoms with E-state index in [9.17, 15) is 13.5 Å². The molecule has 0 radical (unpaired) electrons. The molecule has 188 valence electrons. The first-order chi connectivity index (χ1) is 17.3. The molecule has 3 heterocycles. The van der Waals surface area contributed by atoms with Crippen molar-refractivity contribution in [2.45, 2.75) is 18.7 Å². The van der Waals surface area contributed by atoms with Gasteiger partial charge in [0.25, 0.3) is 15.9 Å². The molecular formula is C22H22N6O7S. The second-order valence-corrected chi connectivity index (χ2v) is 8.81. The van der Waals surface area contributed by atoms with Gasteiger partial charge in [0.2, 0.25) is 11.6 Å². The van der Waals surface area contributed by atoms with Gasteiger partial charge in [0.05, 0.1) is 13.7 Å². The van der Waals surface area contributed by atoms with Crippen LogP contribution in [0.1, 0.15) is 11.5 Å². The maximum Gasteiger partial charge on any atom is 0.268 e. The SMILES string of the molecule is COc1ccccc1Oc1c(NS(=O)(=O)c2c(C)noc2C)nc(-c2ncccn2)nc1OCCO. The molecule has 4 aromatic rings. The number of sulfonamides is 1. The van der Waals surface area contributed by atoms with Gasteiger partial charge >= 0.3 is 0 Å². The van der Waals surface area contributed by atoms with Crippen LogP contribution in [0.5, 0.6) is 23.1 Å². The van der Waals surface area contributed by atoms with Crippen LogP contribution in [0.3, 0.4) is 0 Å². The van der Waals surface area contributed by atoms with Crippen molar-refractivity contribution in [3.8, 4) is 34.8 Å². The van der Waals surface area contributed by atoms with Gasteiger partial charge in [-0.05, 0) is 32.0 Å². The molecule has 0 saturated carbocycles. The van der Waals surface area contributed by atoms with Crippen LogP contribution in [-0.4, -0.2) is 58.9 Å². The Bertz CT molecular complexity index is 1440. The number of nitrogens with one attached hydrogen (secondary N) is 1. The van der Waals surface area contributed by atoms with Crippen molar-refractivity contribution in [2.75, 3.05) is 25.0 Å². The highest BCUT2D eigenvalue weighted by Gasteiger charge is 2.29. The second kappa shape index (κ2) is 10.5. The summed E-state index contributed by atoms with van der Waals surface area (Å²) < 4.78 is 51.1. The second-order valence-electron chi connectivity index (χ2n) is 7.19. The number of anilines is 1. The Morgan fingerprint density at radius 1 is 1.03 bits per heavy atom. The Labute approximate surface area is 206 Å². The molecule has 0 aliphatic rings. The lowest BCUT2D eigenvalue weighted by Gasteiger charge is -2.17. The van der Waals surface area contributed by atoms with Gasteiger partial charge in [-0.3, -0.25) is 4.72 Å². The van der Waals surface area contributed by atoms with E-state index >= 15 is 0 Å². The van der Waals surface area contributed by atoms with E-state index in [4.69, 9.17) is 18.7 Å². The minimum atomic E-state index is -4.25.